The minimum absolute atomic E-state index is 0.180. The van der Waals surface area contributed by atoms with Gasteiger partial charge in [0.1, 0.15) is 0 Å². The Kier molecular flexibility index (Phi) is 5.91. The van der Waals surface area contributed by atoms with Crippen LogP contribution < -0.4 is 4.90 Å². The lowest BCUT2D eigenvalue weighted by Crippen LogP contribution is -2.51. The predicted molar refractivity (Wildman–Crippen MR) is 109 cm³/mol. The van der Waals surface area contributed by atoms with Gasteiger partial charge in [-0.1, -0.05) is 20.8 Å². The van der Waals surface area contributed by atoms with Gasteiger partial charge in [0.2, 0.25) is 0 Å². The average molecular weight is 358 g/mol. The number of piperazine rings is 1. The number of rotatable bonds is 6. The molecule has 0 unspecified atom stereocenters. The molecule has 1 amide bonds. The van der Waals surface area contributed by atoms with Crippen LogP contribution in [0.4, 0.5) is 5.69 Å². The van der Waals surface area contributed by atoms with Gasteiger partial charge >= 0.3 is 0 Å². The summed E-state index contributed by atoms with van der Waals surface area (Å²) in [6.45, 7) is 12.9. The molecule has 1 aliphatic heterocycles. The van der Waals surface area contributed by atoms with Crippen LogP contribution in [0.15, 0.2) is 24.3 Å². The number of anilines is 1. The molecule has 2 fully saturated rings. The van der Waals surface area contributed by atoms with E-state index in [-0.39, 0.29) is 5.91 Å². The summed E-state index contributed by atoms with van der Waals surface area (Å²) in [5.74, 6) is 1.04. The molecular formula is C22H35N3O. The Labute approximate surface area is 159 Å². The first-order chi connectivity index (χ1) is 12.4. The molecule has 1 saturated heterocycles. The normalized spacial score (nSPS) is 20.7. The van der Waals surface area contributed by atoms with E-state index < -0.39 is 0 Å². The summed E-state index contributed by atoms with van der Waals surface area (Å²) in [6.07, 6.45) is 3.83. The molecule has 0 atom stereocenters. The zero-order valence-electron chi connectivity index (χ0n) is 17.0. The quantitative estimate of drug-likeness (QED) is 0.776. The van der Waals surface area contributed by atoms with E-state index in [1.165, 1.54) is 25.1 Å². The first-order valence-electron chi connectivity index (χ1n) is 10.2. The molecule has 0 spiro atoms. The summed E-state index contributed by atoms with van der Waals surface area (Å²) in [7, 11) is 2.10. The number of hydrogen-bond acceptors (Lipinski definition) is 3. The summed E-state index contributed by atoms with van der Waals surface area (Å²) in [6, 6.07) is 8.09. The number of carbonyl (C=O) groups is 1. The van der Waals surface area contributed by atoms with E-state index in [1.54, 1.807) is 0 Å². The molecule has 4 nitrogen and oxygen atoms in total. The lowest BCUT2D eigenvalue weighted by Gasteiger charge is -2.46. The summed E-state index contributed by atoms with van der Waals surface area (Å²) in [5.41, 5.74) is 2.55. The van der Waals surface area contributed by atoms with Crippen LogP contribution in [0.3, 0.4) is 0 Å². The minimum Gasteiger partial charge on any atom is -0.375 e. The Balaban J connectivity index is 1.47. The van der Waals surface area contributed by atoms with Crippen molar-refractivity contribution >= 4 is 11.6 Å². The summed E-state index contributed by atoms with van der Waals surface area (Å²) in [5, 5.41) is 0. The van der Waals surface area contributed by atoms with E-state index in [2.05, 4.69) is 49.8 Å². The third-order valence-electron chi connectivity index (χ3n) is 5.97. The van der Waals surface area contributed by atoms with Crippen LogP contribution in [0.5, 0.6) is 0 Å². The van der Waals surface area contributed by atoms with Crippen molar-refractivity contribution in [1.29, 1.82) is 0 Å². The molecule has 26 heavy (non-hydrogen) atoms. The van der Waals surface area contributed by atoms with Gasteiger partial charge in [0.15, 0.2) is 0 Å². The SMILES string of the molecule is CCCN(C)c1ccc(C(=O)N2CCN(CC3CC(C)(C)C3)CC2)cc1. The van der Waals surface area contributed by atoms with Crippen LogP contribution in [0.2, 0.25) is 0 Å². The molecule has 3 rings (SSSR count). The maximum atomic E-state index is 12.8. The van der Waals surface area contributed by atoms with Crippen molar-refractivity contribution in [3.05, 3.63) is 29.8 Å². The van der Waals surface area contributed by atoms with Crippen molar-refractivity contribution in [3.63, 3.8) is 0 Å². The Morgan fingerprint density at radius 1 is 1.12 bits per heavy atom. The second-order valence-electron chi connectivity index (χ2n) is 9.00. The first-order valence-corrected chi connectivity index (χ1v) is 10.2. The molecule has 144 valence electrons. The van der Waals surface area contributed by atoms with E-state index in [9.17, 15) is 4.79 Å². The first kappa shape index (κ1) is 19.2. The largest absolute Gasteiger partial charge is 0.375 e. The van der Waals surface area contributed by atoms with Gasteiger partial charge in [-0.3, -0.25) is 9.69 Å². The molecule has 0 N–H and O–H groups in total. The summed E-state index contributed by atoms with van der Waals surface area (Å²) < 4.78 is 0. The topological polar surface area (TPSA) is 26.8 Å². The number of amides is 1. The van der Waals surface area contributed by atoms with Gasteiger partial charge in [-0.25, -0.2) is 0 Å². The van der Waals surface area contributed by atoms with E-state index in [1.807, 2.05) is 17.0 Å². The maximum Gasteiger partial charge on any atom is 0.253 e. The number of hydrogen-bond donors (Lipinski definition) is 0. The smallest absolute Gasteiger partial charge is 0.253 e. The molecular weight excluding hydrogens is 322 g/mol. The molecule has 1 saturated carbocycles. The Bertz CT molecular complexity index is 594. The van der Waals surface area contributed by atoms with Gasteiger partial charge in [0.05, 0.1) is 0 Å². The summed E-state index contributed by atoms with van der Waals surface area (Å²) in [4.78, 5) is 19.6. The van der Waals surface area contributed by atoms with Crippen LogP contribution in [0.25, 0.3) is 0 Å². The predicted octanol–water partition coefficient (Wildman–Crippen LogP) is 3.73. The summed E-state index contributed by atoms with van der Waals surface area (Å²) >= 11 is 0. The highest BCUT2D eigenvalue weighted by atomic mass is 16.2. The maximum absolute atomic E-state index is 12.8. The molecule has 0 bridgehead atoms. The van der Waals surface area contributed by atoms with Gasteiger partial charge in [0.25, 0.3) is 5.91 Å². The molecule has 2 aliphatic rings. The highest BCUT2D eigenvalue weighted by Gasteiger charge is 2.37. The number of nitrogens with zero attached hydrogens (tertiary/aromatic N) is 3. The van der Waals surface area contributed by atoms with Crippen LogP contribution in [0.1, 0.15) is 50.4 Å². The van der Waals surface area contributed by atoms with E-state index in [0.717, 1.165) is 50.6 Å². The molecule has 1 aliphatic carbocycles. The Morgan fingerprint density at radius 2 is 1.73 bits per heavy atom. The molecule has 0 radical (unpaired) electrons. The highest BCUT2D eigenvalue weighted by Crippen LogP contribution is 2.44. The fourth-order valence-electron chi connectivity index (χ4n) is 4.64. The third-order valence-corrected chi connectivity index (χ3v) is 5.97. The highest BCUT2D eigenvalue weighted by molar-refractivity contribution is 5.94. The second-order valence-corrected chi connectivity index (χ2v) is 9.00. The van der Waals surface area contributed by atoms with Crippen molar-refractivity contribution < 1.29 is 4.79 Å². The average Bonchev–Trinajstić information content (AvgIpc) is 2.60. The monoisotopic (exact) mass is 357 g/mol. The molecule has 4 heteroatoms. The zero-order chi connectivity index (χ0) is 18.7. The van der Waals surface area contributed by atoms with E-state index in [0.29, 0.717) is 5.41 Å². The zero-order valence-corrected chi connectivity index (χ0v) is 17.0. The van der Waals surface area contributed by atoms with Gasteiger partial charge in [-0.05, 0) is 54.9 Å². The standard InChI is InChI=1S/C22H35N3O/c1-5-10-23(4)20-8-6-19(7-9-20)21(26)25-13-11-24(12-14-25)17-18-15-22(2,3)16-18/h6-9,18H,5,10-17H2,1-4H3. The van der Waals surface area contributed by atoms with Gasteiger partial charge in [0, 0.05) is 57.6 Å². The molecule has 0 aromatic heterocycles. The van der Waals surface area contributed by atoms with Crippen molar-refractivity contribution in [1.82, 2.24) is 9.80 Å². The molecule has 1 aromatic rings. The van der Waals surface area contributed by atoms with Crippen LogP contribution in [0, 0.1) is 11.3 Å². The number of carbonyl (C=O) groups excluding carboxylic acids is 1. The van der Waals surface area contributed by atoms with E-state index >= 15 is 0 Å². The van der Waals surface area contributed by atoms with Gasteiger partial charge in [-0.15, -0.1) is 0 Å². The van der Waals surface area contributed by atoms with Crippen LogP contribution in [-0.2, 0) is 0 Å². The van der Waals surface area contributed by atoms with Crippen LogP contribution in [-0.4, -0.2) is 62.0 Å². The third kappa shape index (κ3) is 4.59. The second kappa shape index (κ2) is 7.99. The Morgan fingerprint density at radius 3 is 2.27 bits per heavy atom. The van der Waals surface area contributed by atoms with E-state index in [4.69, 9.17) is 0 Å². The Hall–Kier alpha value is -1.55. The van der Waals surface area contributed by atoms with Crippen molar-refractivity contribution in [2.75, 3.05) is 51.2 Å². The lowest BCUT2D eigenvalue weighted by molar-refractivity contribution is 0.0368. The molecule has 1 heterocycles. The fraction of sp³-hybridized carbons (Fsp3) is 0.682. The number of benzene rings is 1. The van der Waals surface area contributed by atoms with Gasteiger partial charge < -0.3 is 9.80 Å². The van der Waals surface area contributed by atoms with Gasteiger partial charge in [-0.2, -0.15) is 0 Å². The van der Waals surface area contributed by atoms with Crippen molar-refractivity contribution in [3.8, 4) is 0 Å². The van der Waals surface area contributed by atoms with Crippen molar-refractivity contribution in [2.45, 2.75) is 40.0 Å². The van der Waals surface area contributed by atoms with Crippen LogP contribution >= 0.6 is 0 Å². The lowest BCUT2D eigenvalue weighted by atomic mass is 9.64. The minimum atomic E-state index is 0.180. The fourth-order valence-corrected chi connectivity index (χ4v) is 4.64. The molecule has 1 aromatic carbocycles. The van der Waals surface area contributed by atoms with Crippen molar-refractivity contribution in [2.24, 2.45) is 11.3 Å².